The molecular formula is C31H30N6O3S. The first-order valence-electron chi connectivity index (χ1n) is 13.9. The number of aromatic amines is 1. The van der Waals surface area contributed by atoms with Crippen LogP contribution in [0.1, 0.15) is 35.8 Å². The molecule has 4 aromatic rings. The summed E-state index contributed by atoms with van der Waals surface area (Å²) < 4.78 is 0. The summed E-state index contributed by atoms with van der Waals surface area (Å²) in [7, 11) is 0. The topological polar surface area (TPSA) is 102 Å². The Balaban J connectivity index is 1.04. The standard InChI is InChI=1S/C31H30N6O3S/c38-28(35-14-12-23(13-15-35)36-19-21-8-4-5-9-25(21)33-31(36)40)17-27-29(39)37(30(41-27)20-6-2-1-3-7-20)24-10-11-26-22(16-24)18-32-34-26/h1-11,16,18,23,27,30H,12-15,17,19H2,(H,32,34)(H,33,40). The van der Waals surface area contributed by atoms with Gasteiger partial charge in [0.25, 0.3) is 0 Å². The van der Waals surface area contributed by atoms with Gasteiger partial charge in [-0.25, -0.2) is 4.79 Å². The first-order chi connectivity index (χ1) is 20.0. The molecule has 0 bridgehead atoms. The third-order valence-corrected chi connectivity index (χ3v) is 9.74. The number of carbonyl (C=O) groups is 3. The van der Waals surface area contributed by atoms with Crippen LogP contribution in [0.5, 0.6) is 0 Å². The van der Waals surface area contributed by atoms with Crippen molar-refractivity contribution in [3.05, 3.63) is 90.1 Å². The number of piperidine rings is 1. The van der Waals surface area contributed by atoms with Gasteiger partial charge in [-0.3, -0.25) is 19.6 Å². The minimum absolute atomic E-state index is 0.0123. The van der Waals surface area contributed by atoms with Gasteiger partial charge in [-0.2, -0.15) is 5.10 Å². The minimum atomic E-state index is -0.477. The first-order valence-corrected chi connectivity index (χ1v) is 14.9. The Hall–Kier alpha value is -4.31. The predicted octanol–water partition coefficient (Wildman–Crippen LogP) is 5.14. The molecule has 0 saturated carbocycles. The maximum absolute atomic E-state index is 13.8. The monoisotopic (exact) mass is 566 g/mol. The van der Waals surface area contributed by atoms with Crippen LogP contribution in [0.15, 0.2) is 79.0 Å². The molecule has 2 fully saturated rings. The summed E-state index contributed by atoms with van der Waals surface area (Å²) in [5.74, 6) is -0.0692. The number of hydrogen-bond acceptors (Lipinski definition) is 5. The quantitative estimate of drug-likeness (QED) is 0.348. The number of anilines is 2. The molecule has 3 aliphatic heterocycles. The molecule has 7 rings (SSSR count). The predicted molar refractivity (Wildman–Crippen MR) is 159 cm³/mol. The molecule has 3 aliphatic rings. The first kappa shape index (κ1) is 25.6. The minimum Gasteiger partial charge on any atom is -0.342 e. The maximum atomic E-state index is 13.8. The second kappa shape index (κ2) is 10.6. The van der Waals surface area contributed by atoms with Crippen LogP contribution in [0.25, 0.3) is 10.9 Å². The summed E-state index contributed by atoms with van der Waals surface area (Å²) in [6.07, 6.45) is 3.34. The summed E-state index contributed by atoms with van der Waals surface area (Å²) in [5.41, 5.74) is 4.70. The molecule has 4 heterocycles. The summed E-state index contributed by atoms with van der Waals surface area (Å²) in [5, 5.41) is 10.3. The zero-order chi connectivity index (χ0) is 27.9. The Morgan fingerprint density at radius 3 is 2.59 bits per heavy atom. The lowest BCUT2D eigenvalue weighted by molar-refractivity contribution is -0.134. The molecular weight excluding hydrogens is 536 g/mol. The fourth-order valence-electron chi connectivity index (χ4n) is 6.10. The molecule has 2 unspecified atom stereocenters. The molecule has 2 saturated heterocycles. The van der Waals surface area contributed by atoms with Crippen molar-refractivity contribution in [1.82, 2.24) is 20.0 Å². The van der Waals surface area contributed by atoms with Crippen LogP contribution in [-0.4, -0.2) is 62.2 Å². The highest BCUT2D eigenvalue weighted by molar-refractivity contribution is 8.01. The third kappa shape index (κ3) is 4.82. The Kier molecular flexibility index (Phi) is 6.62. The van der Waals surface area contributed by atoms with E-state index in [-0.39, 0.29) is 35.7 Å². The van der Waals surface area contributed by atoms with E-state index in [1.54, 1.807) is 6.20 Å². The number of carbonyl (C=O) groups excluding carboxylic acids is 3. The molecule has 10 heteroatoms. The largest absolute Gasteiger partial charge is 0.342 e. The van der Waals surface area contributed by atoms with Crippen molar-refractivity contribution < 1.29 is 14.4 Å². The molecule has 4 amide bonds. The Morgan fingerprint density at radius 2 is 1.76 bits per heavy atom. The van der Waals surface area contributed by atoms with Gasteiger partial charge in [0, 0.05) is 48.9 Å². The van der Waals surface area contributed by atoms with Crippen LogP contribution in [0.4, 0.5) is 16.2 Å². The number of nitrogens with zero attached hydrogens (tertiary/aromatic N) is 4. The average molecular weight is 567 g/mol. The van der Waals surface area contributed by atoms with E-state index in [1.807, 2.05) is 87.5 Å². The number of aromatic nitrogens is 2. The van der Waals surface area contributed by atoms with E-state index in [1.165, 1.54) is 11.8 Å². The molecule has 3 aromatic carbocycles. The van der Waals surface area contributed by atoms with E-state index in [2.05, 4.69) is 15.5 Å². The number of rotatable bonds is 5. The van der Waals surface area contributed by atoms with Crippen molar-refractivity contribution in [3.63, 3.8) is 0 Å². The highest BCUT2D eigenvalue weighted by atomic mass is 32.2. The number of benzene rings is 3. The van der Waals surface area contributed by atoms with Crippen LogP contribution >= 0.6 is 11.8 Å². The number of hydrogen-bond donors (Lipinski definition) is 2. The number of thioether (sulfide) groups is 1. The molecule has 208 valence electrons. The summed E-state index contributed by atoms with van der Waals surface area (Å²) in [6, 6.07) is 23.7. The normalized spacial score (nSPS) is 21.3. The molecule has 2 atom stereocenters. The van der Waals surface area contributed by atoms with E-state index in [4.69, 9.17) is 0 Å². The van der Waals surface area contributed by atoms with E-state index < -0.39 is 5.25 Å². The third-order valence-electron chi connectivity index (χ3n) is 8.31. The second-order valence-corrected chi connectivity index (χ2v) is 12.1. The van der Waals surface area contributed by atoms with Gasteiger partial charge in [-0.05, 0) is 48.2 Å². The summed E-state index contributed by atoms with van der Waals surface area (Å²) in [6.45, 7) is 1.72. The van der Waals surface area contributed by atoms with Gasteiger partial charge in [-0.15, -0.1) is 11.8 Å². The lowest BCUT2D eigenvalue weighted by atomic mass is 10.0. The van der Waals surface area contributed by atoms with Crippen molar-refractivity contribution in [1.29, 1.82) is 0 Å². The number of amides is 4. The Bertz CT molecular complexity index is 1620. The number of urea groups is 1. The molecule has 1 aromatic heterocycles. The van der Waals surface area contributed by atoms with Crippen LogP contribution in [-0.2, 0) is 16.1 Å². The molecule has 0 aliphatic carbocycles. The summed E-state index contributed by atoms with van der Waals surface area (Å²) >= 11 is 1.54. The van der Waals surface area contributed by atoms with Crippen molar-refractivity contribution >= 4 is 51.9 Å². The van der Waals surface area contributed by atoms with Crippen molar-refractivity contribution in [2.75, 3.05) is 23.3 Å². The van der Waals surface area contributed by atoms with E-state index in [0.29, 0.717) is 19.6 Å². The van der Waals surface area contributed by atoms with Crippen LogP contribution in [0.3, 0.4) is 0 Å². The second-order valence-electron chi connectivity index (χ2n) is 10.8. The van der Waals surface area contributed by atoms with E-state index in [9.17, 15) is 14.4 Å². The molecule has 0 radical (unpaired) electrons. The van der Waals surface area contributed by atoms with Gasteiger partial charge in [0.05, 0.1) is 17.0 Å². The molecule has 41 heavy (non-hydrogen) atoms. The van der Waals surface area contributed by atoms with Crippen LogP contribution in [0.2, 0.25) is 0 Å². The van der Waals surface area contributed by atoms with E-state index >= 15 is 0 Å². The van der Waals surface area contributed by atoms with Crippen LogP contribution in [0, 0.1) is 0 Å². The number of H-pyrrole nitrogens is 1. The highest BCUT2D eigenvalue weighted by Gasteiger charge is 2.43. The molecule has 9 nitrogen and oxygen atoms in total. The van der Waals surface area contributed by atoms with Gasteiger partial charge < -0.3 is 15.1 Å². The number of fused-ring (bicyclic) bond motifs is 2. The van der Waals surface area contributed by atoms with Crippen LogP contribution < -0.4 is 10.2 Å². The number of likely N-dealkylation sites (tertiary alicyclic amines) is 1. The van der Waals surface area contributed by atoms with Gasteiger partial charge in [0.15, 0.2) is 0 Å². The summed E-state index contributed by atoms with van der Waals surface area (Å²) in [4.78, 5) is 45.7. The fourth-order valence-corrected chi connectivity index (χ4v) is 7.54. The lowest BCUT2D eigenvalue weighted by Crippen LogP contribution is -2.51. The maximum Gasteiger partial charge on any atom is 0.322 e. The van der Waals surface area contributed by atoms with Gasteiger partial charge in [-0.1, -0.05) is 48.5 Å². The fraction of sp³-hybridized carbons (Fsp3) is 0.290. The number of nitrogens with one attached hydrogen (secondary N) is 2. The van der Waals surface area contributed by atoms with E-state index in [0.717, 1.165) is 46.2 Å². The van der Waals surface area contributed by atoms with Gasteiger partial charge in [0.2, 0.25) is 11.8 Å². The lowest BCUT2D eigenvalue weighted by Gasteiger charge is -2.40. The van der Waals surface area contributed by atoms with Crippen molar-refractivity contribution in [2.24, 2.45) is 0 Å². The zero-order valence-corrected chi connectivity index (χ0v) is 23.2. The SMILES string of the molecule is O=C(CC1SC(c2ccccc2)N(c2ccc3[nH]ncc3c2)C1=O)N1CCC(N2Cc3ccccc3NC2=O)CC1. The van der Waals surface area contributed by atoms with Crippen molar-refractivity contribution in [2.45, 2.75) is 42.5 Å². The smallest absolute Gasteiger partial charge is 0.322 e. The zero-order valence-electron chi connectivity index (χ0n) is 22.4. The average Bonchev–Trinajstić information content (AvgIpc) is 3.61. The highest BCUT2D eigenvalue weighted by Crippen LogP contribution is 2.47. The molecule has 2 N–H and O–H groups in total. The number of para-hydroxylation sites is 1. The Labute approximate surface area is 241 Å². The Morgan fingerprint density at radius 1 is 0.976 bits per heavy atom. The molecule has 0 spiro atoms. The van der Waals surface area contributed by atoms with Gasteiger partial charge in [0.1, 0.15) is 5.37 Å². The van der Waals surface area contributed by atoms with Gasteiger partial charge >= 0.3 is 6.03 Å². The van der Waals surface area contributed by atoms with Crippen molar-refractivity contribution in [3.8, 4) is 0 Å².